The van der Waals surface area contributed by atoms with Crippen LogP contribution in [0.2, 0.25) is 0 Å². The monoisotopic (exact) mass is 143 g/mol. The van der Waals surface area contributed by atoms with Gasteiger partial charge in [-0.05, 0) is 33.2 Å². The molecule has 2 nitrogen and oxygen atoms in total. The number of nitrogens with zero attached hydrogens (tertiary/aromatic N) is 1. The van der Waals surface area contributed by atoms with Crippen molar-refractivity contribution in [3.05, 3.63) is 0 Å². The third-order valence-electron chi connectivity index (χ3n) is 2.08. The summed E-state index contributed by atoms with van der Waals surface area (Å²) in [5.41, 5.74) is 5.73. The fraction of sp³-hybridized carbons (Fsp3) is 1.00. The summed E-state index contributed by atoms with van der Waals surface area (Å²) < 4.78 is 7.69. The first-order valence-corrected chi connectivity index (χ1v) is 4.04. The van der Waals surface area contributed by atoms with Crippen LogP contribution < -0.4 is 5.73 Å². The number of nitrogens with two attached hydrogens (primary N) is 1. The van der Waals surface area contributed by atoms with Gasteiger partial charge in [-0.2, -0.15) is 0 Å². The maximum absolute atomic E-state index is 7.69. The van der Waals surface area contributed by atoms with E-state index >= 15 is 0 Å². The molecule has 0 aromatic heterocycles. The van der Waals surface area contributed by atoms with Crippen LogP contribution in [0.15, 0.2) is 0 Å². The Hall–Kier alpha value is -0.0800. The van der Waals surface area contributed by atoms with Crippen molar-refractivity contribution in [2.75, 3.05) is 13.1 Å². The van der Waals surface area contributed by atoms with Gasteiger partial charge in [0.25, 0.3) is 0 Å². The van der Waals surface area contributed by atoms with Gasteiger partial charge in [-0.3, -0.25) is 4.90 Å². The molecule has 0 saturated carbocycles. The van der Waals surface area contributed by atoms with Crippen molar-refractivity contribution in [3.8, 4) is 0 Å². The SMILES string of the molecule is [2H][C@@]1(N)CCCN(C(C)C)C1. The van der Waals surface area contributed by atoms with E-state index < -0.39 is 6.02 Å². The molecule has 1 fully saturated rings. The summed E-state index contributed by atoms with van der Waals surface area (Å²) in [6.45, 7) is 6.14. The van der Waals surface area contributed by atoms with Crippen LogP contribution >= 0.6 is 0 Å². The standard InChI is InChI=1S/C8H18N2/c1-7(2)10-5-3-4-8(9)6-10/h7-8H,3-6,9H2,1-2H3/t8-/m1/s1/i8D. The second kappa shape index (κ2) is 3.35. The summed E-state index contributed by atoms with van der Waals surface area (Å²) in [7, 11) is 0. The van der Waals surface area contributed by atoms with Gasteiger partial charge in [0.15, 0.2) is 0 Å². The second-order valence-electron chi connectivity index (χ2n) is 3.33. The zero-order valence-corrected chi connectivity index (χ0v) is 6.93. The van der Waals surface area contributed by atoms with Crippen molar-refractivity contribution in [2.45, 2.75) is 38.7 Å². The minimum absolute atomic E-state index is 0.531. The Bertz CT molecular complexity index is 134. The first kappa shape index (κ1) is 6.62. The lowest BCUT2D eigenvalue weighted by Crippen LogP contribution is -2.45. The first-order valence-electron chi connectivity index (χ1n) is 4.54. The van der Waals surface area contributed by atoms with Crippen LogP contribution in [-0.4, -0.2) is 30.0 Å². The van der Waals surface area contributed by atoms with Gasteiger partial charge in [-0.1, -0.05) is 0 Å². The molecule has 1 heterocycles. The molecule has 0 aliphatic carbocycles. The van der Waals surface area contributed by atoms with Crippen LogP contribution in [0, 0.1) is 0 Å². The molecule has 0 unspecified atom stereocenters. The van der Waals surface area contributed by atoms with E-state index in [9.17, 15) is 0 Å². The molecule has 1 saturated heterocycles. The Kier molecular flexibility index (Phi) is 2.22. The summed E-state index contributed by atoms with van der Waals surface area (Å²) >= 11 is 0. The summed E-state index contributed by atoms with van der Waals surface area (Å²) in [6.07, 6.45) is 1.91. The fourth-order valence-electron chi connectivity index (χ4n) is 1.37. The molecule has 2 heteroatoms. The number of rotatable bonds is 1. The van der Waals surface area contributed by atoms with E-state index in [2.05, 4.69) is 18.7 Å². The molecular weight excluding hydrogens is 124 g/mol. The predicted molar refractivity (Wildman–Crippen MR) is 43.9 cm³/mol. The summed E-state index contributed by atoms with van der Waals surface area (Å²) in [4.78, 5) is 2.27. The van der Waals surface area contributed by atoms with Crippen LogP contribution in [0.5, 0.6) is 0 Å². The van der Waals surface area contributed by atoms with E-state index in [1.165, 1.54) is 0 Å². The number of hydrogen-bond donors (Lipinski definition) is 1. The van der Waals surface area contributed by atoms with Crippen LogP contribution in [0.4, 0.5) is 0 Å². The highest BCUT2D eigenvalue weighted by molar-refractivity contribution is 4.76. The highest BCUT2D eigenvalue weighted by Crippen LogP contribution is 2.10. The van der Waals surface area contributed by atoms with Crippen molar-refractivity contribution in [2.24, 2.45) is 5.73 Å². The third-order valence-corrected chi connectivity index (χ3v) is 2.08. The fourth-order valence-corrected chi connectivity index (χ4v) is 1.37. The van der Waals surface area contributed by atoms with Crippen molar-refractivity contribution in [3.63, 3.8) is 0 Å². The molecule has 0 bridgehead atoms. The lowest BCUT2D eigenvalue weighted by Gasteiger charge is -2.33. The molecule has 1 aliphatic heterocycles. The van der Waals surface area contributed by atoms with Gasteiger partial charge in [0, 0.05) is 20.0 Å². The van der Waals surface area contributed by atoms with Gasteiger partial charge in [-0.25, -0.2) is 0 Å². The third kappa shape index (κ3) is 1.96. The molecule has 10 heavy (non-hydrogen) atoms. The van der Waals surface area contributed by atoms with Gasteiger partial charge < -0.3 is 5.73 Å². The maximum atomic E-state index is 7.69. The Morgan fingerprint density at radius 2 is 2.40 bits per heavy atom. The highest BCUT2D eigenvalue weighted by Gasteiger charge is 2.17. The topological polar surface area (TPSA) is 29.3 Å². The molecule has 0 radical (unpaired) electrons. The van der Waals surface area contributed by atoms with E-state index in [1.807, 2.05) is 0 Å². The molecule has 1 rings (SSSR count). The lowest BCUT2D eigenvalue weighted by molar-refractivity contribution is 0.169. The quantitative estimate of drug-likeness (QED) is 0.589. The predicted octanol–water partition coefficient (Wildman–Crippen LogP) is 0.818. The number of likely N-dealkylation sites (tertiary alicyclic amines) is 1. The van der Waals surface area contributed by atoms with Crippen LogP contribution in [-0.2, 0) is 0 Å². The van der Waals surface area contributed by atoms with E-state index in [0.29, 0.717) is 6.04 Å². The summed E-state index contributed by atoms with van der Waals surface area (Å²) in [6, 6.07) is -0.161. The number of hydrogen-bond acceptors (Lipinski definition) is 2. The van der Waals surface area contributed by atoms with Crippen molar-refractivity contribution in [1.29, 1.82) is 0 Å². The van der Waals surface area contributed by atoms with Crippen LogP contribution in [0.3, 0.4) is 0 Å². The molecule has 1 atom stereocenters. The van der Waals surface area contributed by atoms with Gasteiger partial charge in [0.05, 0.1) is 0 Å². The van der Waals surface area contributed by atoms with Crippen molar-refractivity contribution in [1.82, 2.24) is 4.90 Å². The largest absolute Gasteiger partial charge is 0.327 e. The highest BCUT2D eigenvalue weighted by atomic mass is 15.2. The smallest absolute Gasteiger partial charge is 0.0476 e. The Morgan fingerprint density at radius 3 is 2.80 bits per heavy atom. The minimum Gasteiger partial charge on any atom is -0.327 e. The van der Waals surface area contributed by atoms with Crippen LogP contribution in [0.1, 0.15) is 28.1 Å². The van der Waals surface area contributed by atoms with Gasteiger partial charge >= 0.3 is 0 Å². The van der Waals surface area contributed by atoms with Gasteiger partial charge in [0.2, 0.25) is 0 Å². The molecule has 1 aliphatic rings. The average molecular weight is 143 g/mol. The molecule has 0 spiro atoms. The van der Waals surface area contributed by atoms with Crippen molar-refractivity contribution >= 4 is 0 Å². The Balaban J connectivity index is 2.46. The molecule has 0 aromatic rings. The second-order valence-corrected chi connectivity index (χ2v) is 3.33. The van der Waals surface area contributed by atoms with Gasteiger partial charge in [0.1, 0.15) is 0 Å². The van der Waals surface area contributed by atoms with Gasteiger partial charge in [-0.15, -0.1) is 0 Å². The average Bonchev–Trinajstić information content (AvgIpc) is 1.85. The Labute approximate surface area is 64.8 Å². The summed E-state index contributed by atoms with van der Waals surface area (Å²) in [5, 5.41) is 0. The lowest BCUT2D eigenvalue weighted by atomic mass is 10.1. The van der Waals surface area contributed by atoms with E-state index in [1.54, 1.807) is 0 Å². The maximum Gasteiger partial charge on any atom is 0.0476 e. The molecular formula is C8H18N2. The number of piperidine rings is 1. The Morgan fingerprint density at radius 1 is 1.70 bits per heavy atom. The molecule has 60 valence electrons. The molecule has 0 aromatic carbocycles. The van der Waals surface area contributed by atoms with Crippen LogP contribution in [0.25, 0.3) is 0 Å². The molecule has 0 amide bonds. The van der Waals surface area contributed by atoms with E-state index in [0.717, 1.165) is 25.9 Å². The van der Waals surface area contributed by atoms with Crippen molar-refractivity contribution < 1.29 is 1.37 Å². The zero-order valence-electron chi connectivity index (χ0n) is 7.93. The zero-order chi connectivity index (χ0) is 8.48. The minimum atomic E-state index is -0.692. The normalized spacial score (nSPS) is 38.2. The molecule has 2 N–H and O–H groups in total. The van der Waals surface area contributed by atoms with E-state index in [-0.39, 0.29) is 0 Å². The van der Waals surface area contributed by atoms with E-state index in [4.69, 9.17) is 7.10 Å². The summed E-state index contributed by atoms with van der Waals surface area (Å²) in [5.74, 6) is 0. The first-order chi connectivity index (χ1) is 5.01.